The van der Waals surface area contributed by atoms with Gasteiger partial charge >= 0.3 is 0 Å². The van der Waals surface area contributed by atoms with E-state index in [4.69, 9.17) is 9.15 Å². The van der Waals surface area contributed by atoms with Crippen molar-refractivity contribution in [1.82, 2.24) is 9.80 Å². The lowest BCUT2D eigenvalue weighted by Crippen LogP contribution is -2.62. The Morgan fingerprint density at radius 2 is 2.04 bits per heavy atom. The topological polar surface area (TPSA) is 66.2 Å². The molecule has 2 aliphatic rings. The highest BCUT2D eigenvalue weighted by molar-refractivity contribution is 5.91. The van der Waals surface area contributed by atoms with Crippen LogP contribution >= 0.6 is 0 Å². The molecular weight excluding hydrogens is 344 g/mol. The zero-order valence-electron chi connectivity index (χ0n) is 15.6. The number of carbonyl (C=O) groups is 1. The van der Waals surface area contributed by atoms with Crippen molar-refractivity contribution >= 4 is 5.91 Å². The Morgan fingerprint density at radius 1 is 1.22 bits per heavy atom. The highest BCUT2D eigenvalue weighted by Crippen LogP contribution is 2.41. The number of aliphatic hydroxyl groups excluding tert-OH is 1. The van der Waals surface area contributed by atoms with Gasteiger partial charge in [-0.1, -0.05) is 18.2 Å². The molecule has 0 bridgehead atoms. The molecule has 1 aromatic carbocycles. The number of hydrogen-bond acceptors (Lipinski definition) is 5. The molecule has 2 aliphatic heterocycles. The van der Waals surface area contributed by atoms with Gasteiger partial charge in [-0.05, 0) is 51.1 Å². The van der Waals surface area contributed by atoms with Crippen molar-refractivity contribution in [3.8, 4) is 11.7 Å². The summed E-state index contributed by atoms with van der Waals surface area (Å²) in [4.78, 5) is 17.1. The van der Waals surface area contributed by atoms with Gasteiger partial charge in [-0.25, -0.2) is 0 Å². The standard InChI is InChI=1S/C21H26N2O4/c1-22-12-5-10-21(15-24)11-13-23(14-18(21)22)20(25)17-8-9-19(27-17)26-16-6-3-2-4-7-16/h2-4,6-9,18,24H,5,10-15H2,1H3/t18-,21-/m1/s1. The Morgan fingerprint density at radius 3 is 2.81 bits per heavy atom. The first kappa shape index (κ1) is 18.1. The minimum Gasteiger partial charge on any atom is -0.426 e. The third kappa shape index (κ3) is 3.47. The van der Waals surface area contributed by atoms with Gasteiger partial charge in [0.1, 0.15) is 5.75 Å². The lowest BCUT2D eigenvalue weighted by Gasteiger charge is -2.53. The second-order valence-corrected chi connectivity index (χ2v) is 7.66. The minimum absolute atomic E-state index is 0.0888. The quantitative estimate of drug-likeness (QED) is 0.896. The zero-order valence-corrected chi connectivity index (χ0v) is 15.6. The molecule has 4 rings (SSSR count). The summed E-state index contributed by atoms with van der Waals surface area (Å²) in [6, 6.07) is 12.9. The molecule has 2 fully saturated rings. The number of likely N-dealkylation sites (tertiary alicyclic amines) is 2. The molecule has 2 atom stereocenters. The van der Waals surface area contributed by atoms with E-state index < -0.39 is 0 Å². The average molecular weight is 370 g/mol. The second-order valence-electron chi connectivity index (χ2n) is 7.66. The van der Waals surface area contributed by atoms with Crippen LogP contribution in [-0.2, 0) is 0 Å². The van der Waals surface area contributed by atoms with Gasteiger partial charge in [0.25, 0.3) is 11.9 Å². The maximum absolute atomic E-state index is 12.9. The van der Waals surface area contributed by atoms with Crippen LogP contribution in [0.4, 0.5) is 0 Å². The van der Waals surface area contributed by atoms with E-state index in [0.29, 0.717) is 24.8 Å². The minimum atomic E-state index is -0.122. The van der Waals surface area contributed by atoms with Gasteiger partial charge in [-0.15, -0.1) is 0 Å². The van der Waals surface area contributed by atoms with Crippen LogP contribution in [0.5, 0.6) is 11.7 Å². The second kappa shape index (κ2) is 7.37. The molecule has 2 saturated heterocycles. The molecular formula is C21H26N2O4. The Bertz CT molecular complexity index is 790. The van der Waals surface area contributed by atoms with Crippen LogP contribution in [-0.4, -0.2) is 60.1 Å². The number of fused-ring (bicyclic) bond motifs is 1. The fourth-order valence-electron chi connectivity index (χ4n) is 4.45. The van der Waals surface area contributed by atoms with E-state index in [-0.39, 0.29) is 29.7 Å². The van der Waals surface area contributed by atoms with Crippen LogP contribution in [0.25, 0.3) is 0 Å². The number of piperidine rings is 2. The average Bonchev–Trinajstić information content (AvgIpc) is 3.16. The predicted molar refractivity (Wildman–Crippen MR) is 101 cm³/mol. The van der Waals surface area contributed by atoms with Crippen molar-refractivity contribution in [2.45, 2.75) is 25.3 Å². The maximum atomic E-state index is 12.9. The fourth-order valence-corrected chi connectivity index (χ4v) is 4.45. The van der Waals surface area contributed by atoms with Crippen molar-refractivity contribution < 1.29 is 19.1 Å². The monoisotopic (exact) mass is 370 g/mol. The normalized spacial score (nSPS) is 25.9. The van der Waals surface area contributed by atoms with E-state index in [9.17, 15) is 9.90 Å². The van der Waals surface area contributed by atoms with Crippen molar-refractivity contribution in [2.75, 3.05) is 33.3 Å². The summed E-state index contributed by atoms with van der Waals surface area (Å²) < 4.78 is 11.3. The predicted octanol–water partition coefficient (Wildman–Crippen LogP) is 2.99. The van der Waals surface area contributed by atoms with Gasteiger partial charge in [0.05, 0.1) is 6.61 Å². The highest BCUT2D eigenvalue weighted by Gasteiger charge is 2.47. The number of ether oxygens (including phenoxy) is 1. The van der Waals surface area contributed by atoms with Crippen molar-refractivity contribution in [2.24, 2.45) is 5.41 Å². The summed E-state index contributed by atoms with van der Waals surface area (Å²) in [5.41, 5.74) is -0.0888. The van der Waals surface area contributed by atoms with Crippen LogP contribution in [0.1, 0.15) is 29.8 Å². The van der Waals surface area contributed by atoms with E-state index in [1.807, 2.05) is 35.2 Å². The SMILES string of the molecule is CN1CCC[C@]2(CO)CCN(C(=O)c3ccc(Oc4ccccc4)o3)C[C@@H]12. The number of para-hydroxylation sites is 1. The Hall–Kier alpha value is -2.31. The molecule has 3 heterocycles. The number of furan rings is 1. The van der Waals surface area contributed by atoms with Crippen LogP contribution in [0.3, 0.4) is 0 Å². The number of carbonyl (C=O) groups excluding carboxylic acids is 1. The largest absolute Gasteiger partial charge is 0.426 e. The lowest BCUT2D eigenvalue weighted by molar-refractivity contribution is -0.0605. The van der Waals surface area contributed by atoms with Crippen molar-refractivity contribution in [3.63, 3.8) is 0 Å². The summed E-state index contributed by atoms with van der Waals surface area (Å²) in [5, 5.41) is 10.0. The van der Waals surface area contributed by atoms with Crippen LogP contribution < -0.4 is 4.74 Å². The number of aliphatic hydroxyl groups is 1. The molecule has 1 aromatic heterocycles. The molecule has 2 aromatic rings. The number of hydrogen-bond donors (Lipinski definition) is 1. The van der Waals surface area contributed by atoms with Crippen molar-refractivity contribution in [1.29, 1.82) is 0 Å². The molecule has 6 nitrogen and oxygen atoms in total. The molecule has 0 radical (unpaired) electrons. The molecule has 1 amide bonds. The van der Waals surface area contributed by atoms with Gasteiger partial charge in [0.2, 0.25) is 0 Å². The maximum Gasteiger partial charge on any atom is 0.290 e. The van der Waals surface area contributed by atoms with E-state index in [0.717, 1.165) is 25.8 Å². The third-order valence-corrected chi connectivity index (χ3v) is 6.05. The number of likely N-dealkylation sites (N-methyl/N-ethyl adjacent to an activating group) is 1. The number of rotatable bonds is 4. The molecule has 144 valence electrons. The molecule has 27 heavy (non-hydrogen) atoms. The molecule has 0 unspecified atom stereocenters. The van der Waals surface area contributed by atoms with E-state index in [1.165, 1.54) is 0 Å². The van der Waals surface area contributed by atoms with E-state index in [1.54, 1.807) is 12.1 Å². The summed E-state index contributed by atoms with van der Waals surface area (Å²) in [5.74, 6) is 1.14. The van der Waals surface area contributed by atoms with Crippen LogP contribution in [0, 0.1) is 5.41 Å². The summed E-state index contributed by atoms with van der Waals surface area (Å²) >= 11 is 0. The summed E-state index contributed by atoms with van der Waals surface area (Å²) in [6.07, 6.45) is 2.94. The van der Waals surface area contributed by atoms with Gasteiger partial charge < -0.3 is 24.1 Å². The number of amides is 1. The van der Waals surface area contributed by atoms with E-state index >= 15 is 0 Å². The summed E-state index contributed by atoms with van der Waals surface area (Å²) in [6.45, 7) is 2.44. The fraction of sp³-hybridized carbons (Fsp3) is 0.476. The molecule has 0 spiro atoms. The zero-order chi connectivity index (χ0) is 18.9. The molecule has 0 aliphatic carbocycles. The number of benzene rings is 1. The van der Waals surface area contributed by atoms with Gasteiger partial charge in [0, 0.05) is 30.6 Å². The Balaban J connectivity index is 1.46. The van der Waals surface area contributed by atoms with Crippen LogP contribution in [0.15, 0.2) is 46.9 Å². The molecule has 6 heteroatoms. The summed E-state index contributed by atoms with van der Waals surface area (Å²) in [7, 11) is 2.08. The molecule has 0 saturated carbocycles. The van der Waals surface area contributed by atoms with E-state index in [2.05, 4.69) is 11.9 Å². The third-order valence-electron chi connectivity index (χ3n) is 6.05. The van der Waals surface area contributed by atoms with Crippen molar-refractivity contribution in [3.05, 3.63) is 48.2 Å². The first-order valence-corrected chi connectivity index (χ1v) is 9.54. The van der Waals surface area contributed by atoms with Gasteiger partial charge in [-0.3, -0.25) is 4.79 Å². The van der Waals surface area contributed by atoms with Crippen LogP contribution in [0.2, 0.25) is 0 Å². The first-order chi connectivity index (χ1) is 13.1. The smallest absolute Gasteiger partial charge is 0.290 e. The lowest BCUT2D eigenvalue weighted by atomic mass is 9.69. The Kier molecular flexibility index (Phi) is 4.93. The van der Waals surface area contributed by atoms with Gasteiger partial charge in [-0.2, -0.15) is 0 Å². The highest BCUT2D eigenvalue weighted by atomic mass is 16.6. The Labute approximate surface area is 159 Å². The first-order valence-electron chi connectivity index (χ1n) is 9.54. The molecule has 1 N–H and O–H groups in total. The van der Waals surface area contributed by atoms with Gasteiger partial charge in [0.15, 0.2) is 5.76 Å². The number of nitrogens with zero attached hydrogens (tertiary/aromatic N) is 2.